The molecular weight excluding hydrogens is 299 g/mol. The molecule has 0 bridgehead atoms. The minimum absolute atomic E-state index is 0.497. The molecule has 2 aromatic carbocycles. The lowest BCUT2D eigenvalue weighted by atomic mass is 10.0. The lowest BCUT2D eigenvalue weighted by Gasteiger charge is -2.20. The van der Waals surface area contributed by atoms with Crippen molar-refractivity contribution in [2.24, 2.45) is 5.11 Å². The van der Waals surface area contributed by atoms with Gasteiger partial charge in [-0.05, 0) is 47.1 Å². The minimum Gasteiger partial charge on any atom is -0.497 e. The van der Waals surface area contributed by atoms with Crippen LogP contribution < -0.4 is 9.55 Å². The quantitative estimate of drug-likeness (QED) is 0.796. The highest BCUT2D eigenvalue weighted by Gasteiger charge is 2.43. The summed E-state index contributed by atoms with van der Waals surface area (Å²) in [6.45, 7) is 0. The summed E-state index contributed by atoms with van der Waals surface area (Å²) >= 11 is 0. The number of ether oxygens (including phenoxy) is 1. The van der Waals surface area contributed by atoms with E-state index in [1.807, 2.05) is 73.0 Å². The van der Waals surface area contributed by atoms with Crippen molar-refractivity contribution in [1.82, 2.24) is 0 Å². The summed E-state index contributed by atoms with van der Waals surface area (Å²) in [5.41, 5.74) is 4.22. The topological polar surface area (TPSA) is 51.6 Å². The summed E-state index contributed by atoms with van der Waals surface area (Å²) in [6.07, 6.45) is 3.96. The third kappa shape index (κ3) is 2.27. The summed E-state index contributed by atoms with van der Waals surface area (Å²) in [7, 11) is 3.46. The SMILES string of the molecule is COc1ccc(N=[N+]2[B]N3C(=C2C#N)C=Cc2ccccc23)cc1. The van der Waals surface area contributed by atoms with Gasteiger partial charge in [-0.25, -0.2) is 0 Å². The van der Waals surface area contributed by atoms with Crippen LogP contribution in [0.25, 0.3) is 6.08 Å². The van der Waals surface area contributed by atoms with Crippen molar-refractivity contribution in [2.45, 2.75) is 0 Å². The molecule has 24 heavy (non-hydrogen) atoms. The van der Waals surface area contributed by atoms with Crippen LogP contribution >= 0.6 is 0 Å². The maximum Gasteiger partial charge on any atom is 0.729 e. The highest BCUT2D eigenvalue weighted by atomic mass is 16.5. The van der Waals surface area contributed by atoms with E-state index in [4.69, 9.17) is 4.74 Å². The van der Waals surface area contributed by atoms with Crippen LogP contribution in [0.2, 0.25) is 0 Å². The molecule has 0 unspecified atom stereocenters. The third-order valence-corrected chi connectivity index (χ3v) is 3.97. The van der Waals surface area contributed by atoms with Crippen molar-refractivity contribution in [3.63, 3.8) is 0 Å². The van der Waals surface area contributed by atoms with Gasteiger partial charge in [-0.2, -0.15) is 5.26 Å². The second-order valence-electron chi connectivity index (χ2n) is 5.37. The van der Waals surface area contributed by atoms with Gasteiger partial charge in [0.2, 0.25) is 0 Å². The maximum atomic E-state index is 9.57. The molecular formula is C18H13BN4O+. The summed E-state index contributed by atoms with van der Waals surface area (Å²) < 4.78 is 6.77. The lowest BCUT2D eigenvalue weighted by molar-refractivity contribution is -0.385. The van der Waals surface area contributed by atoms with E-state index in [9.17, 15) is 5.26 Å². The van der Waals surface area contributed by atoms with Gasteiger partial charge < -0.3 is 9.55 Å². The lowest BCUT2D eigenvalue weighted by Crippen LogP contribution is -2.27. The summed E-state index contributed by atoms with van der Waals surface area (Å²) in [5.74, 6) is 0.771. The fourth-order valence-electron chi connectivity index (χ4n) is 2.79. The van der Waals surface area contributed by atoms with E-state index >= 15 is 0 Å². The largest absolute Gasteiger partial charge is 0.729 e. The second-order valence-corrected chi connectivity index (χ2v) is 5.37. The molecule has 0 N–H and O–H groups in total. The van der Waals surface area contributed by atoms with E-state index in [0.717, 1.165) is 28.4 Å². The van der Waals surface area contributed by atoms with E-state index < -0.39 is 0 Å². The number of methoxy groups -OCH3 is 1. The van der Waals surface area contributed by atoms with Crippen molar-refractivity contribution in [3.8, 4) is 11.8 Å². The molecule has 5 nitrogen and oxygen atoms in total. The number of hydrogen-bond donors (Lipinski definition) is 0. The molecule has 2 aliphatic heterocycles. The average Bonchev–Trinajstić information content (AvgIpc) is 3.00. The minimum atomic E-state index is 0.497. The van der Waals surface area contributed by atoms with Crippen LogP contribution in [0.4, 0.5) is 11.4 Å². The number of rotatable bonds is 2. The fourth-order valence-corrected chi connectivity index (χ4v) is 2.79. The first kappa shape index (κ1) is 14.3. The molecule has 0 amide bonds. The van der Waals surface area contributed by atoms with Gasteiger partial charge in [0.25, 0.3) is 0 Å². The van der Waals surface area contributed by atoms with Gasteiger partial charge in [-0.15, -0.1) is 4.61 Å². The Bertz CT molecular complexity index is 938. The summed E-state index contributed by atoms with van der Waals surface area (Å²) in [5, 5.41) is 14.1. The Kier molecular flexibility index (Phi) is 3.40. The van der Waals surface area contributed by atoms with Crippen molar-refractivity contribution >= 4 is 25.0 Å². The number of nitriles is 1. The molecule has 2 aromatic rings. The summed E-state index contributed by atoms with van der Waals surface area (Å²) in [6, 6.07) is 17.7. The highest BCUT2D eigenvalue weighted by molar-refractivity contribution is 6.36. The van der Waals surface area contributed by atoms with E-state index in [2.05, 4.69) is 11.2 Å². The normalized spacial score (nSPS) is 16.5. The number of anilines is 1. The third-order valence-electron chi connectivity index (χ3n) is 3.97. The smallest absolute Gasteiger partial charge is 0.497 e. The summed E-state index contributed by atoms with van der Waals surface area (Å²) in [4.78, 5) is 1.99. The van der Waals surface area contributed by atoms with E-state index in [1.165, 1.54) is 0 Å². The molecule has 0 aliphatic carbocycles. The van der Waals surface area contributed by atoms with Crippen LogP contribution in [0.1, 0.15) is 5.56 Å². The van der Waals surface area contributed by atoms with E-state index in [1.54, 1.807) is 11.7 Å². The standard InChI is InChI=1S/C18H13BN4O/c1-24-15-9-7-14(8-10-15)21-23-18(12-20)17-11-6-13-4-2-3-5-16(13)22(17)19-23/h2-11H,1H3/q+1. The van der Waals surface area contributed by atoms with Gasteiger partial charge in [0.1, 0.15) is 17.1 Å². The van der Waals surface area contributed by atoms with E-state index in [-0.39, 0.29) is 0 Å². The first-order chi connectivity index (χ1) is 11.8. The highest BCUT2D eigenvalue weighted by Crippen LogP contribution is 2.35. The van der Waals surface area contributed by atoms with Crippen LogP contribution in [-0.4, -0.2) is 19.3 Å². The van der Waals surface area contributed by atoms with Gasteiger partial charge in [-0.3, -0.25) is 0 Å². The molecule has 2 heterocycles. The first-order valence-corrected chi connectivity index (χ1v) is 7.51. The average molecular weight is 312 g/mol. The molecule has 0 aromatic heterocycles. The number of benzene rings is 2. The Hall–Kier alpha value is -3.33. The van der Waals surface area contributed by atoms with Crippen molar-refractivity contribution in [1.29, 1.82) is 5.26 Å². The number of hydrogen-bond acceptors (Lipinski definition) is 4. The molecule has 2 aliphatic rings. The molecule has 1 radical (unpaired) electrons. The van der Waals surface area contributed by atoms with Crippen LogP contribution in [0.3, 0.4) is 0 Å². The molecule has 6 heteroatoms. The molecule has 0 spiro atoms. The number of para-hydroxylation sites is 1. The Morgan fingerprint density at radius 1 is 1.12 bits per heavy atom. The molecule has 0 atom stereocenters. The van der Waals surface area contributed by atoms with Gasteiger partial charge in [-0.1, -0.05) is 24.3 Å². The van der Waals surface area contributed by atoms with Crippen LogP contribution in [-0.2, 0) is 0 Å². The Morgan fingerprint density at radius 3 is 2.67 bits per heavy atom. The van der Waals surface area contributed by atoms with Crippen molar-refractivity contribution in [3.05, 3.63) is 71.6 Å². The molecule has 4 rings (SSSR count). The van der Waals surface area contributed by atoms with Gasteiger partial charge in [0, 0.05) is 5.69 Å². The van der Waals surface area contributed by atoms with Gasteiger partial charge in [0.05, 0.1) is 7.11 Å². The van der Waals surface area contributed by atoms with Crippen molar-refractivity contribution < 1.29 is 9.35 Å². The number of fused-ring (bicyclic) bond motifs is 3. The van der Waals surface area contributed by atoms with Crippen molar-refractivity contribution in [2.75, 3.05) is 11.9 Å². The van der Waals surface area contributed by atoms with Crippen LogP contribution in [0.15, 0.2) is 71.1 Å². The number of nitrogens with zero attached hydrogens (tertiary/aromatic N) is 4. The zero-order valence-corrected chi connectivity index (χ0v) is 13.0. The molecule has 0 saturated heterocycles. The van der Waals surface area contributed by atoms with E-state index in [0.29, 0.717) is 5.70 Å². The predicted molar refractivity (Wildman–Crippen MR) is 91.7 cm³/mol. The molecule has 0 saturated carbocycles. The monoisotopic (exact) mass is 312 g/mol. The molecule has 113 valence electrons. The van der Waals surface area contributed by atoms with Gasteiger partial charge >= 0.3 is 13.2 Å². The number of allylic oxidation sites excluding steroid dienone is 2. The first-order valence-electron chi connectivity index (χ1n) is 7.51. The zero-order chi connectivity index (χ0) is 16.5. The Morgan fingerprint density at radius 2 is 1.92 bits per heavy atom. The zero-order valence-electron chi connectivity index (χ0n) is 13.0. The Balaban J connectivity index is 1.75. The maximum absolute atomic E-state index is 9.57. The van der Waals surface area contributed by atoms with Crippen LogP contribution in [0.5, 0.6) is 5.75 Å². The predicted octanol–water partition coefficient (Wildman–Crippen LogP) is 3.61. The van der Waals surface area contributed by atoms with Gasteiger partial charge in [0.15, 0.2) is 6.07 Å². The molecule has 0 fully saturated rings. The Labute approximate surface area is 140 Å². The number of azo groups is 1. The second kappa shape index (κ2) is 5.71. The fraction of sp³-hybridized carbons (Fsp3) is 0.0556. The van der Waals surface area contributed by atoms with Crippen LogP contribution in [0, 0.1) is 11.3 Å².